The SMILES string of the molecule is CC(C)CNCc1cccc(F)c1N1CCC(C)(C)C1. The lowest BCUT2D eigenvalue weighted by Gasteiger charge is -2.25. The molecule has 1 heterocycles. The van der Waals surface area contributed by atoms with Gasteiger partial charge in [-0.25, -0.2) is 4.39 Å². The lowest BCUT2D eigenvalue weighted by Crippen LogP contribution is -2.26. The van der Waals surface area contributed by atoms with Crippen LogP contribution in [0.3, 0.4) is 0 Å². The highest BCUT2D eigenvalue weighted by Gasteiger charge is 2.31. The summed E-state index contributed by atoms with van der Waals surface area (Å²) in [5.74, 6) is 0.518. The van der Waals surface area contributed by atoms with Crippen LogP contribution >= 0.6 is 0 Å². The number of nitrogens with zero attached hydrogens (tertiary/aromatic N) is 1. The van der Waals surface area contributed by atoms with E-state index in [2.05, 4.69) is 37.9 Å². The second-order valence-corrected chi connectivity index (χ2v) is 7.11. The van der Waals surface area contributed by atoms with Crippen LogP contribution in [0.4, 0.5) is 10.1 Å². The van der Waals surface area contributed by atoms with E-state index in [1.807, 2.05) is 12.1 Å². The Morgan fingerprint density at radius 2 is 2.10 bits per heavy atom. The quantitative estimate of drug-likeness (QED) is 0.881. The van der Waals surface area contributed by atoms with Gasteiger partial charge < -0.3 is 10.2 Å². The Hall–Kier alpha value is -1.09. The molecule has 0 aliphatic carbocycles. The molecule has 0 bridgehead atoms. The van der Waals surface area contributed by atoms with E-state index in [1.54, 1.807) is 6.07 Å². The zero-order chi connectivity index (χ0) is 14.8. The number of rotatable bonds is 5. The number of anilines is 1. The van der Waals surface area contributed by atoms with Crippen LogP contribution in [-0.2, 0) is 6.54 Å². The maximum atomic E-state index is 14.3. The predicted molar refractivity (Wildman–Crippen MR) is 83.6 cm³/mol. The maximum absolute atomic E-state index is 14.3. The van der Waals surface area contributed by atoms with Crippen molar-refractivity contribution >= 4 is 5.69 Å². The molecule has 1 aliphatic heterocycles. The van der Waals surface area contributed by atoms with Gasteiger partial charge in [-0.2, -0.15) is 0 Å². The molecule has 0 aromatic heterocycles. The third-order valence-corrected chi connectivity index (χ3v) is 3.93. The van der Waals surface area contributed by atoms with Crippen molar-refractivity contribution in [2.24, 2.45) is 11.3 Å². The molecule has 0 radical (unpaired) electrons. The fraction of sp³-hybridized carbons (Fsp3) is 0.647. The van der Waals surface area contributed by atoms with Gasteiger partial charge in [0, 0.05) is 19.6 Å². The van der Waals surface area contributed by atoms with Gasteiger partial charge in [0.25, 0.3) is 0 Å². The highest BCUT2D eigenvalue weighted by molar-refractivity contribution is 5.56. The van der Waals surface area contributed by atoms with Crippen LogP contribution in [-0.4, -0.2) is 19.6 Å². The van der Waals surface area contributed by atoms with Crippen LogP contribution in [0.5, 0.6) is 0 Å². The van der Waals surface area contributed by atoms with Crippen LogP contribution in [0.15, 0.2) is 18.2 Å². The first-order valence-electron chi connectivity index (χ1n) is 7.62. The first-order valence-corrected chi connectivity index (χ1v) is 7.62. The van der Waals surface area contributed by atoms with Crippen molar-refractivity contribution in [2.45, 2.75) is 40.7 Å². The molecule has 0 unspecified atom stereocenters. The van der Waals surface area contributed by atoms with Crippen LogP contribution in [0.1, 0.15) is 39.7 Å². The Labute approximate surface area is 122 Å². The van der Waals surface area contributed by atoms with E-state index in [1.165, 1.54) is 0 Å². The molecule has 2 nitrogen and oxygen atoms in total. The van der Waals surface area contributed by atoms with Crippen LogP contribution in [0, 0.1) is 17.2 Å². The van der Waals surface area contributed by atoms with Gasteiger partial charge in [0.1, 0.15) is 5.82 Å². The molecule has 112 valence electrons. The predicted octanol–water partition coefficient (Wildman–Crippen LogP) is 3.81. The van der Waals surface area contributed by atoms with Gasteiger partial charge >= 0.3 is 0 Å². The molecule has 0 spiro atoms. The molecule has 0 atom stereocenters. The summed E-state index contributed by atoms with van der Waals surface area (Å²) in [5.41, 5.74) is 2.16. The van der Waals surface area contributed by atoms with E-state index in [-0.39, 0.29) is 11.2 Å². The molecule has 0 saturated carbocycles. The van der Waals surface area contributed by atoms with E-state index in [9.17, 15) is 4.39 Å². The highest BCUT2D eigenvalue weighted by Crippen LogP contribution is 2.35. The van der Waals surface area contributed by atoms with Crippen LogP contribution in [0.25, 0.3) is 0 Å². The van der Waals surface area contributed by atoms with Crippen LogP contribution < -0.4 is 10.2 Å². The van der Waals surface area contributed by atoms with Crippen LogP contribution in [0.2, 0.25) is 0 Å². The lowest BCUT2D eigenvalue weighted by atomic mass is 9.93. The summed E-state index contributed by atoms with van der Waals surface area (Å²) in [6.45, 7) is 12.5. The molecule has 1 aromatic rings. The summed E-state index contributed by atoms with van der Waals surface area (Å²) < 4.78 is 14.3. The average molecular weight is 278 g/mol. The smallest absolute Gasteiger partial charge is 0.146 e. The maximum Gasteiger partial charge on any atom is 0.146 e. The van der Waals surface area contributed by atoms with Gasteiger partial charge in [-0.3, -0.25) is 0 Å². The zero-order valence-corrected chi connectivity index (χ0v) is 13.2. The fourth-order valence-electron chi connectivity index (χ4n) is 2.86. The molecule has 1 aliphatic rings. The normalized spacial score (nSPS) is 18.0. The minimum absolute atomic E-state index is 0.0912. The van der Waals surface area contributed by atoms with E-state index in [0.29, 0.717) is 5.92 Å². The summed E-state index contributed by atoms with van der Waals surface area (Å²) in [6, 6.07) is 5.43. The van der Waals surface area contributed by atoms with Crippen molar-refractivity contribution in [3.05, 3.63) is 29.6 Å². The Bertz CT molecular complexity index is 454. The third kappa shape index (κ3) is 3.72. The minimum Gasteiger partial charge on any atom is -0.368 e. The monoisotopic (exact) mass is 278 g/mol. The molecule has 1 N–H and O–H groups in total. The Balaban J connectivity index is 2.14. The molecular formula is C17H27FN2. The molecule has 20 heavy (non-hydrogen) atoms. The molecule has 1 saturated heterocycles. The second kappa shape index (κ2) is 6.13. The summed E-state index contributed by atoms with van der Waals surface area (Å²) in [7, 11) is 0. The van der Waals surface area contributed by atoms with E-state index in [4.69, 9.17) is 0 Å². The number of nitrogens with one attached hydrogen (secondary N) is 1. The van der Waals surface area contributed by atoms with Crippen molar-refractivity contribution < 1.29 is 4.39 Å². The topological polar surface area (TPSA) is 15.3 Å². The summed E-state index contributed by atoms with van der Waals surface area (Å²) >= 11 is 0. The van der Waals surface area contributed by atoms with Crippen molar-refractivity contribution in [1.82, 2.24) is 5.32 Å². The number of halogens is 1. The van der Waals surface area contributed by atoms with Gasteiger partial charge in [-0.1, -0.05) is 39.8 Å². The van der Waals surface area contributed by atoms with Gasteiger partial charge in [0.2, 0.25) is 0 Å². The van der Waals surface area contributed by atoms with Crippen molar-refractivity contribution in [1.29, 1.82) is 0 Å². The molecule has 0 amide bonds. The van der Waals surface area contributed by atoms with E-state index in [0.717, 1.165) is 43.9 Å². The lowest BCUT2D eigenvalue weighted by molar-refractivity contribution is 0.418. The minimum atomic E-state index is -0.0912. The fourth-order valence-corrected chi connectivity index (χ4v) is 2.86. The first kappa shape index (κ1) is 15.3. The number of hydrogen-bond donors (Lipinski definition) is 1. The highest BCUT2D eigenvalue weighted by atomic mass is 19.1. The Morgan fingerprint density at radius 3 is 2.70 bits per heavy atom. The van der Waals surface area contributed by atoms with Crippen molar-refractivity contribution in [3.63, 3.8) is 0 Å². The molecular weight excluding hydrogens is 251 g/mol. The molecule has 1 fully saturated rings. The molecule has 2 rings (SSSR count). The Morgan fingerprint density at radius 1 is 1.35 bits per heavy atom. The largest absolute Gasteiger partial charge is 0.368 e. The van der Waals surface area contributed by atoms with Crippen molar-refractivity contribution in [3.8, 4) is 0 Å². The standard InChI is InChI=1S/C17H27FN2/c1-13(2)10-19-11-14-6-5-7-15(18)16(14)20-9-8-17(3,4)12-20/h5-7,13,19H,8-12H2,1-4H3. The first-order chi connectivity index (χ1) is 9.39. The van der Waals surface area contributed by atoms with Crippen molar-refractivity contribution in [2.75, 3.05) is 24.5 Å². The third-order valence-electron chi connectivity index (χ3n) is 3.93. The summed E-state index contributed by atoms with van der Waals surface area (Å²) in [5, 5.41) is 3.42. The van der Waals surface area contributed by atoms with E-state index < -0.39 is 0 Å². The van der Waals surface area contributed by atoms with Gasteiger partial charge in [-0.05, 0) is 35.9 Å². The van der Waals surface area contributed by atoms with Gasteiger partial charge in [0.05, 0.1) is 5.69 Å². The zero-order valence-electron chi connectivity index (χ0n) is 13.2. The average Bonchev–Trinajstić information content (AvgIpc) is 2.69. The number of para-hydroxylation sites is 1. The number of hydrogen-bond acceptors (Lipinski definition) is 2. The molecule has 3 heteroatoms. The van der Waals surface area contributed by atoms with Gasteiger partial charge in [-0.15, -0.1) is 0 Å². The summed E-state index contributed by atoms with van der Waals surface area (Å²) in [6.07, 6.45) is 1.13. The Kier molecular flexibility index (Phi) is 4.69. The second-order valence-electron chi connectivity index (χ2n) is 7.11. The number of benzene rings is 1. The molecule has 1 aromatic carbocycles. The van der Waals surface area contributed by atoms with Gasteiger partial charge in [0.15, 0.2) is 0 Å². The summed E-state index contributed by atoms with van der Waals surface area (Å²) in [4.78, 5) is 2.21. The van der Waals surface area contributed by atoms with E-state index >= 15 is 0 Å².